The Morgan fingerprint density at radius 3 is 2.50 bits per heavy atom. The molecule has 0 aliphatic heterocycles. The van der Waals surface area contributed by atoms with E-state index in [1.54, 1.807) is 36.4 Å². The summed E-state index contributed by atoms with van der Waals surface area (Å²) in [5, 5.41) is 13.3. The number of anilines is 1. The molecule has 0 unspecified atom stereocenters. The van der Waals surface area contributed by atoms with E-state index in [0.29, 0.717) is 11.3 Å². The number of aryl methyl sites for hydroxylation is 1. The number of ether oxygens (including phenoxy) is 1. The number of tetrazole rings is 1. The molecule has 0 fully saturated rings. The van der Waals surface area contributed by atoms with Gasteiger partial charge in [0.25, 0.3) is 5.91 Å². The molecule has 0 aliphatic rings. The van der Waals surface area contributed by atoms with Gasteiger partial charge in [0.05, 0.1) is 0 Å². The average molecular weight is 351 g/mol. The molecular formula is C18H17N5O3. The molecular weight excluding hydrogens is 334 g/mol. The highest BCUT2D eigenvalue weighted by molar-refractivity contribution is 5.96. The number of aromatic nitrogens is 4. The van der Waals surface area contributed by atoms with Crippen LogP contribution in [0.25, 0.3) is 0 Å². The molecule has 0 saturated heterocycles. The SMILES string of the molecule is Cc1ccc(NC(=O)[C@H](OC(=O)Cn2cnnn2)c2ccccc2)cc1. The number of hydrogen-bond donors (Lipinski definition) is 1. The molecule has 1 amide bonds. The highest BCUT2D eigenvalue weighted by Gasteiger charge is 2.25. The molecule has 1 atom stereocenters. The molecule has 0 radical (unpaired) electrons. The minimum absolute atomic E-state index is 0.186. The number of nitrogens with zero attached hydrogens (tertiary/aromatic N) is 4. The van der Waals surface area contributed by atoms with Gasteiger partial charge < -0.3 is 10.1 Å². The summed E-state index contributed by atoms with van der Waals surface area (Å²) >= 11 is 0. The van der Waals surface area contributed by atoms with Crippen molar-refractivity contribution < 1.29 is 14.3 Å². The minimum atomic E-state index is -1.08. The van der Waals surface area contributed by atoms with Crippen LogP contribution < -0.4 is 5.32 Å². The minimum Gasteiger partial charge on any atom is -0.446 e. The monoisotopic (exact) mass is 351 g/mol. The quantitative estimate of drug-likeness (QED) is 0.681. The van der Waals surface area contributed by atoms with Crippen LogP contribution >= 0.6 is 0 Å². The maximum absolute atomic E-state index is 12.7. The number of benzene rings is 2. The lowest BCUT2D eigenvalue weighted by molar-refractivity contribution is -0.155. The van der Waals surface area contributed by atoms with Gasteiger partial charge in [0.2, 0.25) is 6.10 Å². The molecule has 3 rings (SSSR count). The zero-order valence-corrected chi connectivity index (χ0v) is 14.1. The van der Waals surface area contributed by atoms with Gasteiger partial charge in [0.15, 0.2) is 0 Å². The van der Waals surface area contributed by atoms with Crippen LogP contribution in [0, 0.1) is 6.92 Å². The first-order chi connectivity index (χ1) is 12.6. The molecule has 3 aromatic rings. The number of rotatable bonds is 6. The van der Waals surface area contributed by atoms with E-state index in [-0.39, 0.29) is 6.54 Å². The van der Waals surface area contributed by atoms with E-state index in [2.05, 4.69) is 20.8 Å². The molecule has 0 aliphatic carbocycles. The van der Waals surface area contributed by atoms with E-state index in [0.717, 1.165) is 5.56 Å². The Morgan fingerprint density at radius 1 is 1.12 bits per heavy atom. The van der Waals surface area contributed by atoms with Gasteiger partial charge in [-0.2, -0.15) is 0 Å². The summed E-state index contributed by atoms with van der Waals surface area (Å²) in [5.41, 5.74) is 2.27. The van der Waals surface area contributed by atoms with Crippen LogP contribution in [0.15, 0.2) is 60.9 Å². The van der Waals surface area contributed by atoms with Crippen molar-refractivity contribution in [1.29, 1.82) is 0 Å². The lowest BCUT2D eigenvalue weighted by Gasteiger charge is -2.18. The molecule has 1 heterocycles. The summed E-state index contributed by atoms with van der Waals surface area (Å²) in [5.74, 6) is -1.06. The summed E-state index contributed by atoms with van der Waals surface area (Å²) in [6.45, 7) is 1.77. The van der Waals surface area contributed by atoms with Gasteiger partial charge in [-0.25, -0.2) is 4.68 Å². The summed E-state index contributed by atoms with van der Waals surface area (Å²) < 4.78 is 6.62. The lowest BCUT2D eigenvalue weighted by atomic mass is 10.1. The highest BCUT2D eigenvalue weighted by atomic mass is 16.5. The molecule has 0 spiro atoms. The van der Waals surface area contributed by atoms with Crippen LogP contribution in [0.3, 0.4) is 0 Å². The van der Waals surface area contributed by atoms with Crippen LogP contribution in [0.2, 0.25) is 0 Å². The molecule has 8 heteroatoms. The number of esters is 1. The van der Waals surface area contributed by atoms with Crippen LogP contribution in [0.1, 0.15) is 17.2 Å². The van der Waals surface area contributed by atoms with Gasteiger partial charge >= 0.3 is 5.97 Å². The molecule has 8 nitrogen and oxygen atoms in total. The summed E-state index contributed by atoms with van der Waals surface area (Å²) in [7, 11) is 0. The fourth-order valence-corrected chi connectivity index (χ4v) is 2.30. The average Bonchev–Trinajstić information content (AvgIpc) is 3.15. The van der Waals surface area contributed by atoms with E-state index in [4.69, 9.17) is 4.74 Å². The predicted molar refractivity (Wildman–Crippen MR) is 92.9 cm³/mol. The highest BCUT2D eigenvalue weighted by Crippen LogP contribution is 2.20. The third kappa shape index (κ3) is 4.50. The van der Waals surface area contributed by atoms with E-state index >= 15 is 0 Å². The second-order valence-corrected chi connectivity index (χ2v) is 5.64. The van der Waals surface area contributed by atoms with E-state index < -0.39 is 18.0 Å². The van der Waals surface area contributed by atoms with Crippen molar-refractivity contribution in [3.63, 3.8) is 0 Å². The number of amides is 1. The molecule has 1 aromatic heterocycles. The van der Waals surface area contributed by atoms with Gasteiger partial charge in [-0.15, -0.1) is 5.10 Å². The third-order valence-electron chi connectivity index (χ3n) is 3.59. The van der Waals surface area contributed by atoms with Gasteiger partial charge in [0, 0.05) is 11.3 Å². The third-order valence-corrected chi connectivity index (χ3v) is 3.59. The molecule has 132 valence electrons. The zero-order chi connectivity index (χ0) is 18.4. The number of carbonyl (C=O) groups is 2. The fourth-order valence-electron chi connectivity index (χ4n) is 2.30. The molecule has 0 saturated carbocycles. The Morgan fingerprint density at radius 2 is 1.85 bits per heavy atom. The zero-order valence-electron chi connectivity index (χ0n) is 14.1. The smallest absolute Gasteiger partial charge is 0.329 e. The van der Waals surface area contributed by atoms with Crippen molar-refractivity contribution in [2.45, 2.75) is 19.6 Å². The van der Waals surface area contributed by atoms with E-state index in [1.807, 2.05) is 25.1 Å². The van der Waals surface area contributed by atoms with Crippen molar-refractivity contribution in [1.82, 2.24) is 20.2 Å². The number of hydrogen-bond acceptors (Lipinski definition) is 6. The van der Waals surface area contributed by atoms with Crippen molar-refractivity contribution >= 4 is 17.6 Å². The first-order valence-electron chi connectivity index (χ1n) is 7.94. The normalized spacial score (nSPS) is 11.6. The topological polar surface area (TPSA) is 99.0 Å². The Balaban J connectivity index is 1.75. The first-order valence-corrected chi connectivity index (χ1v) is 7.94. The molecule has 2 aromatic carbocycles. The largest absolute Gasteiger partial charge is 0.446 e. The van der Waals surface area contributed by atoms with Gasteiger partial charge in [-0.1, -0.05) is 48.0 Å². The Kier molecular flexibility index (Phi) is 5.33. The van der Waals surface area contributed by atoms with Crippen molar-refractivity contribution in [2.24, 2.45) is 0 Å². The first kappa shape index (κ1) is 17.3. The van der Waals surface area contributed by atoms with E-state index in [1.165, 1.54) is 11.0 Å². The second kappa shape index (κ2) is 8.02. The Labute approximate surface area is 149 Å². The molecule has 1 N–H and O–H groups in total. The molecule has 26 heavy (non-hydrogen) atoms. The summed E-state index contributed by atoms with van der Waals surface area (Å²) in [6, 6.07) is 16.2. The Bertz CT molecular complexity index is 864. The van der Waals surface area contributed by atoms with Crippen molar-refractivity contribution in [3.05, 3.63) is 72.1 Å². The number of carbonyl (C=O) groups excluding carboxylic acids is 2. The fraction of sp³-hybridized carbons (Fsp3) is 0.167. The number of nitrogens with one attached hydrogen (secondary N) is 1. The summed E-state index contributed by atoms with van der Waals surface area (Å²) in [6.07, 6.45) is 0.215. The van der Waals surface area contributed by atoms with Crippen LogP contribution in [0.5, 0.6) is 0 Å². The standard InChI is InChI=1S/C18H17N5O3/c1-13-7-9-15(10-8-13)20-18(25)17(14-5-3-2-4-6-14)26-16(24)11-23-12-19-21-22-23/h2-10,12,17H,11H2,1H3,(H,20,25)/t17-/m1/s1. The van der Waals surface area contributed by atoms with Crippen molar-refractivity contribution in [2.75, 3.05) is 5.32 Å². The maximum Gasteiger partial charge on any atom is 0.329 e. The van der Waals surface area contributed by atoms with Crippen LogP contribution in [0.4, 0.5) is 5.69 Å². The van der Waals surface area contributed by atoms with Gasteiger partial charge in [-0.3, -0.25) is 9.59 Å². The lowest BCUT2D eigenvalue weighted by Crippen LogP contribution is -2.27. The van der Waals surface area contributed by atoms with Crippen LogP contribution in [-0.4, -0.2) is 32.1 Å². The molecule has 0 bridgehead atoms. The Hall–Kier alpha value is -3.55. The predicted octanol–water partition coefficient (Wildman–Crippen LogP) is 1.90. The van der Waals surface area contributed by atoms with Crippen LogP contribution in [-0.2, 0) is 20.9 Å². The maximum atomic E-state index is 12.7. The van der Waals surface area contributed by atoms with Gasteiger partial charge in [-0.05, 0) is 29.5 Å². The van der Waals surface area contributed by atoms with Crippen molar-refractivity contribution in [3.8, 4) is 0 Å². The van der Waals surface area contributed by atoms with Gasteiger partial charge in [0.1, 0.15) is 12.9 Å². The van der Waals surface area contributed by atoms with E-state index in [9.17, 15) is 9.59 Å². The summed E-state index contributed by atoms with van der Waals surface area (Å²) in [4.78, 5) is 24.9. The second-order valence-electron chi connectivity index (χ2n) is 5.64.